The Morgan fingerprint density at radius 2 is 2.16 bits per heavy atom. The van der Waals surface area contributed by atoms with Crippen LogP contribution in [0.3, 0.4) is 0 Å². The number of nitrogens with one attached hydrogen (secondary N) is 1. The molecular weight excluding hydrogens is 251 g/mol. The highest BCUT2D eigenvalue weighted by molar-refractivity contribution is 6.01. The number of anilines is 1. The van der Waals surface area contributed by atoms with Gasteiger partial charge in [0, 0.05) is 6.42 Å². The molecule has 0 aliphatic rings. The minimum absolute atomic E-state index is 0.0174. The minimum Gasteiger partial charge on any atom is -0.465 e. The zero-order valence-electron chi connectivity index (χ0n) is 10.9. The van der Waals surface area contributed by atoms with Gasteiger partial charge >= 0.3 is 5.97 Å². The summed E-state index contributed by atoms with van der Waals surface area (Å²) in [6, 6.07) is 3.51. The van der Waals surface area contributed by atoms with E-state index in [1.807, 2.05) is 6.92 Å². The maximum atomic E-state index is 13.1. The van der Waals surface area contributed by atoms with Crippen LogP contribution in [0.4, 0.5) is 10.1 Å². The SMILES string of the molecule is COC(=O)c1cc(F)ccc1NC(=O)CC(C)CN. The molecule has 1 aromatic carbocycles. The van der Waals surface area contributed by atoms with Crippen LogP contribution in [0, 0.1) is 11.7 Å². The molecule has 1 rings (SSSR count). The maximum Gasteiger partial charge on any atom is 0.340 e. The summed E-state index contributed by atoms with van der Waals surface area (Å²) >= 11 is 0. The van der Waals surface area contributed by atoms with Gasteiger partial charge in [-0.1, -0.05) is 6.92 Å². The summed E-state index contributed by atoms with van der Waals surface area (Å²) in [7, 11) is 1.19. The third-order valence-electron chi connectivity index (χ3n) is 2.60. The second kappa shape index (κ2) is 6.84. The van der Waals surface area contributed by atoms with E-state index in [1.54, 1.807) is 0 Å². The second-order valence-corrected chi connectivity index (χ2v) is 4.27. The molecule has 1 aromatic rings. The number of methoxy groups -OCH3 is 1. The number of hydrogen-bond acceptors (Lipinski definition) is 4. The zero-order chi connectivity index (χ0) is 14.4. The lowest BCUT2D eigenvalue weighted by molar-refractivity contribution is -0.116. The largest absolute Gasteiger partial charge is 0.465 e. The molecule has 3 N–H and O–H groups in total. The van der Waals surface area contributed by atoms with Gasteiger partial charge in [-0.25, -0.2) is 9.18 Å². The summed E-state index contributed by atoms with van der Waals surface area (Å²) in [6.45, 7) is 2.23. The van der Waals surface area contributed by atoms with E-state index in [2.05, 4.69) is 10.1 Å². The Bertz CT molecular complexity index is 477. The highest BCUT2D eigenvalue weighted by atomic mass is 19.1. The van der Waals surface area contributed by atoms with E-state index >= 15 is 0 Å². The molecule has 0 heterocycles. The average molecular weight is 268 g/mol. The van der Waals surface area contributed by atoms with Crippen LogP contribution in [0.15, 0.2) is 18.2 Å². The first-order valence-electron chi connectivity index (χ1n) is 5.85. The van der Waals surface area contributed by atoms with Crippen molar-refractivity contribution >= 4 is 17.6 Å². The molecule has 1 amide bonds. The predicted molar refractivity (Wildman–Crippen MR) is 69.2 cm³/mol. The number of ether oxygens (including phenoxy) is 1. The molecule has 19 heavy (non-hydrogen) atoms. The summed E-state index contributed by atoms with van der Waals surface area (Å²) in [5.74, 6) is -1.54. The van der Waals surface area contributed by atoms with Crippen molar-refractivity contribution in [1.29, 1.82) is 0 Å². The quantitative estimate of drug-likeness (QED) is 0.794. The minimum atomic E-state index is -0.707. The monoisotopic (exact) mass is 268 g/mol. The van der Waals surface area contributed by atoms with Crippen molar-refractivity contribution in [3.63, 3.8) is 0 Å². The molecule has 0 fully saturated rings. The number of hydrogen-bond donors (Lipinski definition) is 2. The Balaban J connectivity index is 2.88. The molecule has 0 aliphatic carbocycles. The summed E-state index contributed by atoms with van der Waals surface area (Å²) in [4.78, 5) is 23.2. The first-order chi connectivity index (χ1) is 8.97. The number of nitrogens with two attached hydrogens (primary N) is 1. The number of amides is 1. The average Bonchev–Trinajstić information content (AvgIpc) is 2.39. The van der Waals surface area contributed by atoms with Crippen LogP contribution in [0.2, 0.25) is 0 Å². The van der Waals surface area contributed by atoms with Gasteiger partial charge in [-0.2, -0.15) is 0 Å². The molecule has 0 aliphatic heterocycles. The Labute approximate surface area is 110 Å². The molecular formula is C13H17FN2O3. The maximum absolute atomic E-state index is 13.1. The lowest BCUT2D eigenvalue weighted by atomic mass is 10.1. The van der Waals surface area contributed by atoms with Gasteiger partial charge in [-0.3, -0.25) is 4.79 Å². The van der Waals surface area contributed by atoms with E-state index < -0.39 is 11.8 Å². The van der Waals surface area contributed by atoms with Crippen LogP contribution in [-0.4, -0.2) is 25.5 Å². The Morgan fingerprint density at radius 1 is 1.47 bits per heavy atom. The van der Waals surface area contributed by atoms with Crippen molar-refractivity contribution < 1.29 is 18.7 Å². The molecule has 0 spiro atoms. The van der Waals surface area contributed by atoms with E-state index in [0.717, 1.165) is 12.1 Å². The number of benzene rings is 1. The highest BCUT2D eigenvalue weighted by Gasteiger charge is 2.16. The number of esters is 1. The first-order valence-corrected chi connectivity index (χ1v) is 5.85. The predicted octanol–water partition coefficient (Wildman–Crippen LogP) is 1.54. The van der Waals surface area contributed by atoms with Crippen molar-refractivity contribution in [3.8, 4) is 0 Å². The van der Waals surface area contributed by atoms with Crippen LogP contribution >= 0.6 is 0 Å². The summed E-state index contributed by atoms with van der Waals surface area (Å²) in [5, 5.41) is 2.56. The second-order valence-electron chi connectivity index (χ2n) is 4.27. The lowest BCUT2D eigenvalue weighted by Crippen LogP contribution is -2.21. The van der Waals surface area contributed by atoms with Crippen LogP contribution in [0.5, 0.6) is 0 Å². The zero-order valence-corrected chi connectivity index (χ0v) is 10.9. The van der Waals surface area contributed by atoms with E-state index in [-0.39, 0.29) is 29.5 Å². The van der Waals surface area contributed by atoms with Crippen molar-refractivity contribution in [2.24, 2.45) is 11.7 Å². The molecule has 0 bridgehead atoms. The van der Waals surface area contributed by atoms with Gasteiger partial charge in [0.05, 0.1) is 18.4 Å². The molecule has 0 aromatic heterocycles. The van der Waals surface area contributed by atoms with Gasteiger partial charge in [0.2, 0.25) is 5.91 Å². The van der Waals surface area contributed by atoms with Gasteiger partial charge in [0.1, 0.15) is 5.82 Å². The van der Waals surface area contributed by atoms with Crippen molar-refractivity contribution in [2.75, 3.05) is 19.0 Å². The normalized spacial score (nSPS) is 11.8. The van der Waals surface area contributed by atoms with Crippen molar-refractivity contribution in [3.05, 3.63) is 29.6 Å². The summed E-state index contributed by atoms with van der Waals surface area (Å²) in [6.07, 6.45) is 0.231. The van der Waals surface area contributed by atoms with Crippen LogP contribution in [0.1, 0.15) is 23.7 Å². The molecule has 6 heteroatoms. The standard InChI is InChI=1S/C13H17FN2O3/c1-8(7-15)5-12(17)16-11-4-3-9(14)6-10(11)13(18)19-2/h3-4,6,8H,5,7,15H2,1-2H3,(H,16,17). The van der Waals surface area contributed by atoms with Crippen molar-refractivity contribution in [1.82, 2.24) is 0 Å². The number of halogens is 1. The molecule has 1 atom stereocenters. The van der Waals surface area contributed by atoms with Crippen LogP contribution < -0.4 is 11.1 Å². The van der Waals surface area contributed by atoms with Gasteiger partial charge in [-0.05, 0) is 30.7 Å². The smallest absolute Gasteiger partial charge is 0.340 e. The van der Waals surface area contributed by atoms with Crippen LogP contribution in [0.25, 0.3) is 0 Å². The Morgan fingerprint density at radius 3 is 2.74 bits per heavy atom. The summed E-state index contributed by atoms with van der Waals surface area (Å²) in [5.41, 5.74) is 5.64. The van der Waals surface area contributed by atoms with E-state index in [1.165, 1.54) is 13.2 Å². The first kappa shape index (κ1) is 15.1. The van der Waals surface area contributed by atoms with Gasteiger partial charge in [0.15, 0.2) is 0 Å². The summed E-state index contributed by atoms with van der Waals surface area (Å²) < 4.78 is 17.6. The Hall–Kier alpha value is -1.95. The van der Waals surface area contributed by atoms with E-state index in [4.69, 9.17) is 5.73 Å². The fraction of sp³-hybridized carbons (Fsp3) is 0.385. The third kappa shape index (κ3) is 4.33. The lowest BCUT2D eigenvalue weighted by Gasteiger charge is -2.12. The fourth-order valence-corrected chi connectivity index (χ4v) is 1.51. The van der Waals surface area contributed by atoms with E-state index in [9.17, 15) is 14.0 Å². The van der Waals surface area contributed by atoms with E-state index in [0.29, 0.717) is 6.54 Å². The Kier molecular flexibility index (Phi) is 5.44. The van der Waals surface area contributed by atoms with Crippen LogP contribution in [-0.2, 0) is 9.53 Å². The van der Waals surface area contributed by atoms with Gasteiger partial charge in [0.25, 0.3) is 0 Å². The fourth-order valence-electron chi connectivity index (χ4n) is 1.51. The number of rotatable bonds is 5. The molecule has 1 unspecified atom stereocenters. The van der Waals surface area contributed by atoms with Gasteiger partial charge < -0.3 is 15.8 Å². The van der Waals surface area contributed by atoms with Crippen molar-refractivity contribution in [2.45, 2.75) is 13.3 Å². The molecule has 0 saturated carbocycles. The van der Waals surface area contributed by atoms with Gasteiger partial charge in [-0.15, -0.1) is 0 Å². The number of carbonyl (C=O) groups excluding carboxylic acids is 2. The number of carbonyl (C=O) groups is 2. The molecule has 0 radical (unpaired) electrons. The third-order valence-corrected chi connectivity index (χ3v) is 2.60. The topological polar surface area (TPSA) is 81.4 Å². The molecule has 5 nitrogen and oxygen atoms in total. The highest BCUT2D eigenvalue weighted by Crippen LogP contribution is 2.18. The molecule has 104 valence electrons. The molecule has 0 saturated heterocycles.